The van der Waals surface area contributed by atoms with Gasteiger partial charge in [0, 0.05) is 30.0 Å². The summed E-state index contributed by atoms with van der Waals surface area (Å²) in [5.41, 5.74) is -0.0120. The summed E-state index contributed by atoms with van der Waals surface area (Å²) < 4.78 is 29.2. The van der Waals surface area contributed by atoms with Gasteiger partial charge in [0.05, 0.1) is 28.3 Å². The molecule has 3 heterocycles. The van der Waals surface area contributed by atoms with Crippen LogP contribution in [0.5, 0.6) is 11.6 Å². The van der Waals surface area contributed by atoms with Crippen LogP contribution in [0.3, 0.4) is 0 Å². The number of aromatic carboxylic acids is 1. The molecule has 0 saturated carbocycles. The topological polar surface area (TPSA) is 114 Å². The van der Waals surface area contributed by atoms with Crippen molar-refractivity contribution >= 4 is 38.5 Å². The number of carboxylic acids is 1. The largest absolute Gasteiger partial charge is 0.491 e. The van der Waals surface area contributed by atoms with Gasteiger partial charge >= 0.3 is 5.97 Å². The highest BCUT2D eigenvalue weighted by Gasteiger charge is 2.29. The molecule has 5 rings (SSSR count). The zero-order chi connectivity index (χ0) is 27.5. The van der Waals surface area contributed by atoms with E-state index in [-0.39, 0.29) is 31.2 Å². The zero-order valence-electron chi connectivity index (χ0n) is 20.7. The second kappa shape index (κ2) is 11.4. The predicted molar refractivity (Wildman–Crippen MR) is 147 cm³/mol. The smallest absolute Gasteiger partial charge is 0.341 e. The molecule has 1 atom stereocenters. The van der Waals surface area contributed by atoms with Crippen LogP contribution < -0.4 is 19.8 Å². The number of aliphatic hydroxyl groups is 1. The summed E-state index contributed by atoms with van der Waals surface area (Å²) in [4.78, 5) is 31.0. The maximum absolute atomic E-state index is 15.6. The van der Waals surface area contributed by atoms with Gasteiger partial charge in [-0.3, -0.25) is 4.79 Å². The number of carboxylic acid groups (broad SMARTS) is 1. The highest BCUT2D eigenvalue weighted by atomic mass is 79.9. The number of aromatic nitrogens is 2. The predicted octanol–water partition coefficient (Wildman–Crippen LogP) is 4.40. The summed E-state index contributed by atoms with van der Waals surface area (Å²) in [6, 6.07) is 12.9. The van der Waals surface area contributed by atoms with Gasteiger partial charge < -0.3 is 29.2 Å². The molecule has 9 nitrogen and oxygen atoms in total. The molecule has 0 radical (unpaired) electrons. The fourth-order valence-corrected chi connectivity index (χ4v) is 5.13. The Morgan fingerprint density at radius 3 is 2.69 bits per heavy atom. The molecule has 2 N–H and O–H groups in total. The van der Waals surface area contributed by atoms with Gasteiger partial charge in [0.2, 0.25) is 11.3 Å². The molecule has 0 spiro atoms. The van der Waals surface area contributed by atoms with E-state index in [0.717, 1.165) is 23.4 Å². The van der Waals surface area contributed by atoms with Crippen molar-refractivity contribution in [2.24, 2.45) is 0 Å². The Morgan fingerprint density at radius 1 is 1.18 bits per heavy atom. The van der Waals surface area contributed by atoms with Crippen LogP contribution in [0.1, 0.15) is 23.2 Å². The number of aliphatic hydroxyl groups excluding tert-OH is 1. The summed E-state index contributed by atoms with van der Waals surface area (Å²) in [6.45, 7) is 0.871. The molecular weight excluding hydrogens is 573 g/mol. The van der Waals surface area contributed by atoms with E-state index in [9.17, 15) is 14.7 Å². The van der Waals surface area contributed by atoms with E-state index in [4.69, 9.17) is 14.6 Å². The van der Waals surface area contributed by atoms with Crippen molar-refractivity contribution in [2.75, 3.05) is 31.3 Å². The lowest BCUT2D eigenvalue weighted by molar-refractivity contribution is 0.0695. The molecular formula is C28H25BrFN3O6. The van der Waals surface area contributed by atoms with Crippen molar-refractivity contribution in [3.63, 3.8) is 0 Å². The number of hydrogen-bond acceptors (Lipinski definition) is 7. The van der Waals surface area contributed by atoms with E-state index in [2.05, 4.69) is 20.9 Å². The first-order valence-corrected chi connectivity index (χ1v) is 13.1. The van der Waals surface area contributed by atoms with Crippen molar-refractivity contribution in [1.82, 2.24) is 9.55 Å². The molecule has 0 amide bonds. The lowest BCUT2D eigenvalue weighted by Gasteiger charge is -2.28. The average Bonchev–Trinajstić information content (AvgIpc) is 3.40. The van der Waals surface area contributed by atoms with Crippen LogP contribution in [0.15, 0.2) is 70.2 Å². The van der Waals surface area contributed by atoms with Crippen LogP contribution in [-0.2, 0) is 0 Å². The van der Waals surface area contributed by atoms with Gasteiger partial charge in [0.25, 0.3) is 0 Å². The molecule has 202 valence electrons. The molecule has 1 aliphatic rings. The zero-order valence-corrected chi connectivity index (χ0v) is 22.3. The average molecular weight is 598 g/mol. The number of fused-ring (bicyclic) bond motifs is 1. The summed E-state index contributed by atoms with van der Waals surface area (Å²) in [6.07, 6.45) is 4.49. The Labute approximate surface area is 231 Å². The van der Waals surface area contributed by atoms with E-state index < -0.39 is 22.8 Å². The molecule has 1 saturated heterocycles. The van der Waals surface area contributed by atoms with Crippen molar-refractivity contribution in [3.05, 3.63) is 87.0 Å². The number of anilines is 1. The SMILES string of the molecule is O=C(O)c1cn(-c2ccc(OCCO)cc2)c2cc(N3CCC[C@@H]3COc3ncccc3Br)c(F)cc2c1=O. The molecule has 0 unspecified atom stereocenters. The van der Waals surface area contributed by atoms with Gasteiger partial charge in [0.15, 0.2) is 0 Å². The second-order valence-electron chi connectivity index (χ2n) is 9.02. The minimum absolute atomic E-state index is 0.0406. The van der Waals surface area contributed by atoms with Gasteiger partial charge in [-0.25, -0.2) is 14.2 Å². The number of pyridine rings is 2. The number of carbonyl (C=O) groups is 1. The van der Waals surface area contributed by atoms with E-state index in [0.29, 0.717) is 35.1 Å². The first kappa shape index (κ1) is 26.6. The summed E-state index contributed by atoms with van der Waals surface area (Å²) in [5, 5.41) is 18.6. The van der Waals surface area contributed by atoms with Crippen LogP contribution in [0.4, 0.5) is 10.1 Å². The lowest BCUT2D eigenvalue weighted by Crippen LogP contribution is -2.35. The fraction of sp³-hybridized carbons (Fsp3) is 0.250. The van der Waals surface area contributed by atoms with Crippen LogP contribution in [0.2, 0.25) is 0 Å². The molecule has 11 heteroatoms. The molecule has 0 aliphatic carbocycles. The van der Waals surface area contributed by atoms with E-state index >= 15 is 4.39 Å². The molecule has 1 aliphatic heterocycles. The van der Waals surface area contributed by atoms with Crippen molar-refractivity contribution in [1.29, 1.82) is 0 Å². The third kappa shape index (κ3) is 5.45. The maximum Gasteiger partial charge on any atom is 0.341 e. The Kier molecular flexibility index (Phi) is 7.80. The van der Waals surface area contributed by atoms with Crippen molar-refractivity contribution in [2.45, 2.75) is 18.9 Å². The molecule has 2 aromatic carbocycles. The third-order valence-electron chi connectivity index (χ3n) is 6.60. The Morgan fingerprint density at radius 2 is 1.97 bits per heavy atom. The fourth-order valence-electron chi connectivity index (χ4n) is 4.77. The van der Waals surface area contributed by atoms with E-state index in [1.165, 1.54) is 6.20 Å². The minimum atomic E-state index is -1.40. The van der Waals surface area contributed by atoms with Crippen LogP contribution >= 0.6 is 15.9 Å². The minimum Gasteiger partial charge on any atom is -0.491 e. The molecule has 39 heavy (non-hydrogen) atoms. The number of ether oxygens (including phenoxy) is 2. The van der Waals surface area contributed by atoms with E-state index in [1.54, 1.807) is 47.2 Å². The van der Waals surface area contributed by atoms with Crippen LogP contribution in [-0.4, -0.2) is 58.1 Å². The summed E-state index contributed by atoms with van der Waals surface area (Å²) in [5.74, 6) is -1.06. The molecule has 0 bridgehead atoms. The molecule has 2 aromatic heterocycles. The maximum atomic E-state index is 15.6. The summed E-state index contributed by atoms with van der Waals surface area (Å²) in [7, 11) is 0. The number of benzene rings is 2. The Hall–Kier alpha value is -3.96. The highest BCUT2D eigenvalue weighted by Crippen LogP contribution is 2.33. The Bertz CT molecular complexity index is 1580. The van der Waals surface area contributed by atoms with Gasteiger partial charge in [-0.15, -0.1) is 0 Å². The van der Waals surface area contributed by atoms with Crippen molar-refractivity contribution in [3.8, 4) is 17.3 Å². The highest BCUT2D eigenvalue weighted by molar-refractivity contribution is 9.10. The number of nitrogens with zero attached hydrogens (tertiary/aromatic N) is 3. The second-order valence-corrected chi connectivity index (χ2v) is 9.88. The number of rotatable bonds is 9. The third-order valence-corrected chi connectivity index (χ3v) is 7.20. The number of hydrogen-bond donors (Lipinski definition) is 2. The Balaban J connectivity index is 1.56. The quantitative estimate of drug-likeness (QED) is 0.292. The standard InChI is InChI=1S/C28H25BrFN3O6/c29-22-4-1-9-31-27(22)39-16-18-3-2-10-32(18)25-14-24-20(13-23(25)30)26(35)21(28(36)37)15-33(24)17-5-7-19(8-6-17)38-12-11-34/h1,4-9,13-15,18,34H,2-3,10-12,16H2,(H,36,37)/t18-/m1/s1. The van der Waals surface area contributed by atoms with Crippen LogP contribution in [0, 0.1) is 5.82 Å². The lowest BCUT2D eigenvalue weighted by atomic mass is 10.1. The van der Waals surface area contributed by atoms with Gasteiger partial charge in [-0.2, -0.15) is 0 Å². The van der Waals surface area contributed by atoms with Gasteiger partial charge in [-0.1, -0.05) is 0 Å². The first-order chi connectivity index (χ1) is 18.9. The van der Waals surface area contributed by atoms with E-state index in [1.807, 2.05) is 11.0 Å². The van der Waals surface area contributed by atoms with Crippen LogP contribution in [0.25, 0.3) is 16.6 Å². The summed E-state index contributed by atoms with van der Waals surface area (Å²) >= 11 is 3.42. The van der Waals surface area contributed by atoms with Gasteiger partial charge in [-0.05, 0) is 77.3 Å². The molecule has 1 fully saturated rings. The first-order valence-electron chi connectivity index (χ1n) is 12.3. The molecule has 4 aromatic rings. The van der Waals surface area contributed by atoms with Gasteiger partial charge in [0.1, 0.15) is 30.3 Å². The van der Waals surface area contributed by atoms with Crippen molar-refractivity contribution < 1.29 is 28.9 Å². The monoisotopic (exact) mass is 597 g/mol. The number of halogens is 2. The normalized spacial score (nSPS) is 15.1.